The molecule has 1 saturated heterocycles. The molecule has 0 aromatic heterocycles. The van der Waals surface area contributed by atoms with Crippen LogP contribution >= 0.6 is 0 Å². The van der Waals surface area contributed by atoms with Gasteiger partial charge in [-0.1, -0.05) is 12.1 Å². The second-order valence-corrected chi connectivity index (χ2v) is 8.29. The van der Waals surface area contributed by atoms with Crippen LogP contribution in [0.15, 0.2) is 29.3 Å². The number of nitrogens with zero attached hydrogens (tertiary/aromatic N) is 2. The topological polar surface area (TPSA) is 83.0 Å². The van der Waals surface area contributed by atoms with E-state index < -0.39 is 15.5 Å². The first-order valence-corrected chi connectivity index (χ1v) is 10.3. The van der Waals surface area contributed by atoms with Crippen LogP contribution in [-0.2, 0) is 16.4 Å². The fourth-order valence-electron chi connectivity index (χ4n) is 2.89. The highest BCUT2D eigenvalue weighted by molar-refractivity contribution is 7.90. The minimum atomic E-state index is -5.26. The number of hydrogen-bond acceptors (Lipinski definition) is 4. The SMILES string of the molecule is CN=C(NCCc1ccc(OC)cc1)NC1CCN(S(=O)(=O)C(F)(F)F)CC1. The molecular formula is C17H25F3N4O3S. The van der Waals surface area contributed by atoms with Crippen molar-refractivity contribution in [3.63, 3.8) is 0 Å². The van der Waals surface area contributed by atoms with Gasteiger partial charge in [0.1, 0.15) is 5.75 Å². The maximum absolute atomic E-state index is 12.6. The highest BCUT2D eigenvalue weighted by atomic mass is 32.2. The van der Waals surface area contributed by atoms with Crippen LogP contribution in [0.4, 0.5) is 13.2 Å². The third-order valence-corrected chi connectivity index (χ3v) is 6.15. The Morgan fingerprint density at radius 3 is 2.36 bits per heavy atom. The van der Waals surface area contributed by atoms with Crippen molar-refractivity contribution in [2.24, 2.45) is 4.99 Å². The minimum Gasteiger partial charge on any atom is -0.497 e. The van der Waals surface area contributed by atoms with E-state index in [0.29, 0.717) is 16.8 Å². The van der Waals surface area contributed by atoms with Crippen LogP contribution in [0.2, 0.25) is 0 Å². The Balaban J connectivity index is 1.78. The van der Waals surface area contributed by atoms with Crippen molar-refractivity contribution in [1.29, 1.82) is 0 Å². The first-order chi connectivity index (χ1) is 13.2. The van der Waals surface area contributed by atoms with Gasteiger partial charge < -0.3 is 15.4 Å². The van der Waals surface area contributed by atoms with Gasteiger partial charge in [-0.15, -0.1) is 0 Å². The molecule has 1 aliphatic rings. The van der Waals surface area contributed by atoms with E-state index in [0.717, 1.165) is 17.7 Å². The van der Waals surface area contributed by atoms with Gasteiger partial charge in [0, 0.05) is 32.7 Å². The predicted molar refractivity (Wildman–Crippen MR) is 101 cm³/mol. The van der Waals surface area contributed by atoms with E-state index >= 15 is 0 Å². The number of aliphatic imine (C=N–C) groups is 1. The number of benzene rings is 1. The quantitative estimate of drug-likeness (QED) is 0.539. The maximum atomic E-state index is 12.6. The lowest BCUT2D eigenvalue weighted by atomic mass is 10.1. The number of methoxy groups -OCH3 is 1. The summed E-state index contributed by atoms with van der Waals surface area (Å²) < 4.78 is 66.4. The predicted octanol–water partition coefficient (Wildman–Crippen LogP) is 1.72. The van der Waals surface area contributed by atoms with Gasteiger partial charge in [0.25, 0.3) is 0 Å². The highest BCUT2D eigenvalue weighted by Crippen LogP contribution is 2.28. The fraction of sp³-hybridized carbons (Fsp3) is 0.588. The van der Waals surface area contributed by atoms with E-state index in [1.54, 1.807) is 14.2 Å². The summed E-state index contributed by atoms with van der Waals surface area (Å²) in [6.07, 6.45) is 1.30. The van der Waals surface area contributed by atoms with Crippen molar-refractivity contribution in [3.05, 3.63) is 29.8 Å². The van der Waals surface area contributed by atoms with Gasteiger partial charge in [-0.05, 0) is 37.0 Å². The molecule has 0 unspecified atom stereocenters. The number of ether oxygens (including phenoxy) is 1. The first kappa shape index (κ1) is 22.3. The summed E-state index contributed by atoms with van der Waals surface area (Å²) in [5.41, 5.74) is -4.14. The first-order valence-electron chi connectivity index (χ1n) is 8.84. The van der Waals surface area contributed by atoms with E-state index in [1.807, 2.05) is 24.3 Å². The van der Waals surface area contributed by atoms with Crippen LogP contribution in [0.5, 0.6) is 5.75 Å². The molecule has 2 N–H and O–H groups in total. The summed E-state index contributed by atoms with van der Waals surface area (Å²) in [7, 11) is -2.05. The number of guanidine groups is 1. The number of nitrogens with one attached hydrogen (secondary N) is 2. The molecule has 0 radical (unpaired) electrons. The lowest BCUT2D eigenvalue weighted by molar-refractivity contribution is -0.0494. The van der Waals surface area contributed by atoms with Crippen LogP contribution in [0, 0.1) is 0 Å². The zero-order valence-corrected chi connectivity index (χ0v) is 16.6. The Bertz CT molecular complexity index is 759. The van der Waals surface area contributed by atoms with Crippen LogP contribution in [0.3, 0.4) is 0 Å². The summed E-state index contributed by atoms with van der Waals surface area (Å²) in [5.74, 6) is 1.32. The Labute approximate surface area is 163 Å². The average Bonchev–Trinajstić information content (AvgIpc) is 2.67. The minimum absolute atomic E-state index is 0.146. The van der Waals surface area contributed by atoms with E-state index in [2.05, 4.69) is 15.6 Å². The van der Waals surface area contributed by atoms with Crippen LogP contribution in [0.1, 0.15) is 18.4 Å². The van der Waals surface area contributed by atoms with Crippen molar-refractivity contribution < 1.29 is 26.3 Å². The molecule has 1 aromatic rings. The largest absolute Gasteiger partial charge is 0.511 e. The van der Waals surface area contributed by atoms with Crippen molar-refractivity contribution >= 4 is 16.0 Å². The standard InChI is InChI=1S/C17H25F3N4O3S/c1-21-16(22-10-7-13-3-5-15(27-2)6-4-13)23-14-8-11-24(12-9-14)28(25,26)17(18,19)20/h3-6,14H,7-12H2,1-2H3,(H2,21,22,23). The molecule has 0 atom stereocenters. The summed E-state index contributed by atoms with van der Waals surface area (Å²) in [5, 5.41) is 6.29. The van der Waals surface area contributed by atoms with Gasteiger partial charge in [-0.3, -0.25) is 4.99 Å². The molecule has 11 heteroatoms. The van der Waals surface area contributed by atoms with Crippen molar-refractivity contribution in [2.45, 2.75) is 30.8 Å². The normalized spacial score (nSPS) is 17.4. The highest BCUT2D eigenvalue weighted by Gasteiger charge is 2.50. The number of sulfonamides is 1. The lowest BCUT2D eigenvalue weighted by Gasteiger charge is -2.32. The molecule has 0 saturated carbocycles. The third kappa shape index (κ3) is 5.74. The van der Waals surface area contributed by atoms with Crippen molar-refractivity contribution in [2.75, 3.05) is 33.8 Å². The Hall–Kier alpha value is -2.01. The summed E-state index contributed by atoms with van der Waals surface area (Å²) in [6.45, 7) is 0.262. The molecule has 1 fully saturated rings. The molecule has 0 amide bonds. The molecule has 2 rings (SSSR count). The monoisotopic (exact) mass is 422 g/mol. The Morgan fingerprint density at radius 2 is 1.86 bits per heavy atom. The fourth-order valence-corrected chi connectivity index (χ4v) is 3.88. The Morgan fingerprint density at radius 1 is 1.25 bits per heavy atom. The van der Waals surface area contributed by atoms with Crippen molar-refractivity contribution in [3.8, 4) is 5.75 Å². The summed E-state index contributed by atoms with van der Waals surface area (Å²) in [6, 6.07) is 7.55. The van der Waals surface area contributed by atoms with Gasteiger partial charge in [-0.25, -0.2) is 8.42 Å². The maximum Gasteiger partial charge on any atom is 0.511 e. The van der Waals surface area contributed by atoms with Crippen molar-refractivity contribution in [1.82, 2.24) is 14.9 Å². The van der Waals surface area contributed by atoms with Gasteiger partial charge in [0.05, 0.1) is 7.11 Å². The Kier molecular flexibility index (Phi) is 7.53. The smallest absolute Gasteiger partial charge is 0.497 e. The number of hydrogen-bond donors (Lipinski definition) is 2. The van der Waals surface area contributed by atoms with Crippen LogP contribution < -0.4 is 15.4 Å². The number of rotatable bonds is 6. The van der Waals surface area contributed by atoms with E-state index in [-0.39, 0.29) is 32.0 Å². The molecule has 0 bridgehead atoms. The molecule has 1 aromatic carbocycles. The van der Waals surface area contributed by atoms with Crippen LogP contribution in [-0.4, -0.2) is 64.0 Å². The second kappa shape index (κ2) is 9.46. The zero-order chi connectivity index (χ0) is 20.8. The molecule has 0 aliphatic carbocycles. The van der Waals surface area contributed by atoms with Gasteiger partial charge >= 0.3 is 15.5 Å². The molecule has 1 heterocycles. The number of piperidine rings is 1. The van der Waals surface area contributed by atoms with Gasteiger partial charge in [-0.2, -0.15) is 17.5 Å². The van der Waals surface area contributed by atoms with E-state index in [1.165, 1.54) is 0 Å². The van der Waals surface area contributed by atoms with Crippen LogP contribution in [0.25, 0.3) is 0 Å². The molecular weight excluding hydrogens is 397 g/mol. The number of halogens is 3. The molecule has 158 valence electrons. The molecule has 1 aliphatic heterocycles. The molecule has 28 heavy (non-hydrogen) atoms. The zero-order valence-electron chi connectivity index (χ0n) is 15.8. The summed E-state index contributed by atoms with van der Waals surface area (Å²) in [4.78, 5) is 4.11. The van der Waals surface area contributed by atoms with E-state index in [4.69, 9.17) is 4.74 Å². The second-order valence-electron chi connectivity index (χ2n) is 6.37. The average molecular weight is 422 g/mol. The lowest BCUT2D eigenvalue weighted by Crippen LogP contribution is -2.51. The van der Waals surface area contributed by atoms with Gasteiger partial charge in [0.2, 0.25) is 0 Å². The molecule has 0 spiro atoms. The van der Waals surface area contributed by atoms with E-state index in [9.17, 15) is 21.6 Å². The van der Waals surface area contributed by atoms with Gasteiger partial charge in [0.15, 0.2) is 5.96 Å². The summed E-state index contributed by atoms with van der Waals surface area (Å²) >= 11 is 0. The third-order valence-electron chi connectivity index (χ3n) is 4.52. The number of alkyl halides is 3. The molecule has 7 nitrogen and oxygen atoms in total.